The van der Waals surface area contributed by atoms with Crippen LogP contribution < -0.4 is 10.4 Å². The molecule has 2 aromatic carbocycles. The standard InChI is InChI=1S/C21H21NO3/c1-24-18-9-10-19-16(11-21(23)25-20(19)12-18)14-22(17-7-8-17)13-15-5-3-2-4-6-15/h2-6,9-12,17H,7-8,13-14H2,1H3. The van der Waals surface area contributed by atoms with Crippen LogP contribution in [0.15, 0.2) is 63.8 Å². The van der Waals surface area contributed by atoms with Crippen LogP contribution in [0.3, 0.4) is 0 Å². The highest BCUT2D eigenvalue weighted by molar-refractivity contribution is 5.81. The van der Waals surface area contributed by atoms with Crippen LogP contribution in [0, 0.1) is 0 Å². The summed E-state index contributed by atoms with van der Waals surface area (Å²) >= 11 is 0. The first-order valence-corrected chi connectivity index (χ1v) is 8.62. The van der Waals surface area contributed by atoms with Crippen molar-refractivity contribution in [3.05, 3.63) is 76.1 Å². The summed E-state index contributed by atoms with van der Waals surface area (Å²) in [6, 6.07) is 18.3. The topological polar surface area (TPSA) is 42.7 Å². The van der Waals surface area contributed by atoms with E-state index in [-0.39, 0.29) is 5.63 Å². The summed E-state index contributed by atoms with van der Waals surface area (Å²) in [5, 5.41) is 0.971. The zero-order valence-electron chi connectivity index (χ0n) is 14.3. The first-order chi connectivity index (χ1) is 12.2. The average molecular weight is 335 g/mol. The highest BCUT2D eigenvalue weighted by Crippen LogP contribution is 2.31. The molecule has 3 aromatic rings. The van der Waals surface area contributed by atoms with Crippen molar-refractivity contribution in [2.24, 2.45) is 0 Å². The molecule has 1 aliphatic carbocycles. The molecule has 0 atom stereocenters. The lowest BCUT2D eigenvalue weighted by Gasteiger charge is -2.22. The van der Waals surface area contributed by atoms with Crippen LogP contribution in [-0.4, -0.2) is 18.1 Å². The van der Waals surface area contributed by atoms with Crippen LogP contribution in [0.4, 0.5) is 0 Å². The molecule has 1 aromatic heterocycles. The molecule has 4 heteroatoms. The molecule has 1 saturated carbocycles. The molecule has 0 bridgehead atoms. The lowest BCUT2D eigenvalue weighted by atomic mass is 10.1. The van der Waals surface area contributed by atoms with E-state index < -0.39 is 0 Å². The maximum absolute atomic E-state index is 12.0. The highest BCUT2D eigenvalue weighted by Gasteiger charge is 2.29. The summed E-state index contributed by atoms with van der Waals surface area (Å²) in [5.74, 6) is 0.691. The van der Waals surface area contributed by atoms with Crippen LogP contribution in [0.1, 0.15) is 24.0 Å². The maximum Gasteiger partial charge on any atom is 0.336 e. The fourth-order valence-corrected chi connectivity index (χ4v) is 3.26. The Bertz CT molecular complexity index is 929. The van der Waals surface area contributed by atoms with Gasteiger partial charge in [-0.3, -0.25) is 4.90 Å². The van der Waals surface area contributed by atoms with Gasteiger partial charge in [-0.25, -0.2) is 4.79 Å². The third kappa shape index (κ3) is 3.59. The van der Waals surface area contributed by atoms with Gasteiger partial charge in [0.05, 0.1) is 7.11 Å². The van der Waals surface area contributed by atoms with Crippen molar-refractivity contribution >= 4 is 11.0 Å². The van der Waals surface area contributed by atoms with Gasteiger partial charge in [0, 0.05) is 36.7 Å². The second-order valence-electron chi connectivity index (χ2n) is 6.57. The molecule has 128 valence electrons. The number of hydrogen-bond acceptors (Lipinski definition) is 4. The van der Waals surface area contributed by atoms with Crippen LogP contribution >= 0.6 is 0 Å². The maximum atomic E-state index is 12.0. The Hall–Kier alpha value is -2.59. The number of benzene rings is 2. The molecule has 0 spiro atoms. The monoisotopic (exact) mass is 335 g/mol. The first-order valence-electron chi connectivity index (χ1n) is 8.62. The van der Waals surface area contributed by atoms with Crippen molar-refractivity contribution in [3.8, 4) is 5.75 Å². The zero-order valence-corrected chi connectivity index (χ0v) is 14.3. The van der Waals surface area contributed by atoms with Gasteiger partial charge in [0.2, 0.25) is 0 Å². The van der Waals surface area contributed by atoms with Crippen molar-refractivity contribution in [1.29, 1.82) is 0 Å². The van der Waals surface area contributed by atoms with Crippen molar-refractivity contribution < 1.29 is 9.15 Å². The molecular weight excluding hydrogens is 314 g/mol. The van der Waals surface area contributed by atoms with Crippen LogP contribution in [0.25, 0.3) is 11.0 Å². The van der Waals surface area contributed by atoms with Gasteiger partial charge in [-0.15, -0.1) is 0 Å². The number of fused-ring (bicyclic) bond motifs is 1. The normalized spacial score (nSPS) is 14.2. The molecule has 0 amide bonds. The van der Waals surface area contributed by atoms with E-state index in [1.165, 1.54) is 18.4 Å². The van der Waals surface area contributed by atoms with E-state index >= 15 is 0 Å². The second-order valence-corrected chi connectivity index (χ2v) is 6.57. The average Bonchev–Trinajstić information content (AvgIpc) is 3.46. The van der Waals surface area contributed by atoms with Crippen molar-refractivity contribution in [2.75, 3.05) is 7.11 Å². The molecule has 0 radical (unpaired) electrons. The van der Waals surface area contributed by atoms with Gasteiger partial charge in [-0.05, 0) is 36.1 Å². The minimum atomic E-state index is -0.314. The predicted molar refractivity (Wildman–Crippen MR) is 97.7 cm³/mol. The number of nitrogens with zero attached hydrogens (tertiary/aromatic N) is 1. The van der Waals surface area contributed by atoms with E-state index in [0.29, 0.717) is 17.4 Å². The third-order valence-corrected chi connectivity index (χ3v) is 4.70. The molecule has 0 N–H and O–H groups in total. The quantitative estimate of drug-likeness (QED) is 0.639. The van der Waals surface area contributed by atoms with Crippen molar-refractivity contribution in [3.63, 3.8) is 0 Å². The fraction of sp³-hybridized carbons (Fsp3) is 0.286. The van der Waals surface area contributed by atoms with Crippen LogP contribution in [0.2, 0.25) is 0 Å². The van der Waals surface area contributed by atoms with E-state index in [9.17, 15) is 4.79 Å². The summed E-state index contributed by atoms with van der Waals surface area (Å²) < 4.78 is 10.6. The van der Waals surface area contributed by atoms with Gasteiger partial charge in [-0.1, -0.05) is 30.3 Å². The molecule has 25 heavy (non-hydrogen) atoms. The summed E-state index contributed by atoms with van der Waals surface area (Å²) in [4.78, 5) is 14.5. The Morgan fingerprint density at radius 1 is 1.08 bits per heavy atom. The molecule has 4 nitrogen and oxygen atoms in total. The van der Waals surface area contributed by atoms with Crippen molar-refractivity contribution in [2.45, 2.75) is 32.0 Å². The minimum Gasteiger partial charge on any atom is -0.497 e. The summed E-state index contributed by atoms with van der Waals surface area (Å²) in [6.07, 6.45) is 2.44. The third-order valence-electron chi connectivity index (χ3n) is 4.70. The predicted octanol–water partition coefficient (Wildman–Crippen LogP) is 3.97. The molecule has 0 saturated heterocycles. The summed E-state index contributed by atoms with van der Waals surface area (Å²) in [7, 11) is 1.61. The lowest BCUT2D eigenvalue weighted by molar-refractivity contribution is 0.246. The van der Waals surface area contributed by atoms with E-state index in [4.69, 9.17) is 9.15 Å². The number of hydrogen-bond donors (Lipinski definition) is 0. The Balaban J connectivity index is 1.67. The molecular formula is C21H21NO3. The number of methoxy groups -OCH3 is 1. The van der Waals surface area contributed by atoms with E-state index in [2.05, 4.69) is 29.2 Å². The Morgan fingerprint density at radius 3 is 2.60 bits per heavy atom. The van der Waals surface area contributed by atoms with E-state index in [0.717, 1.165) is 24.0 Å². The molecule has 1 fully saturated rings. The van der Waals surface area contributed by atoms with Gasteiger partial charge >= 0.3 is 5.63 Å². The zero-order chi connectivity index (χ0) is 17.2. The second kappa shape index (κ2) is 6.73. The van der Waals surface area contributed by atoms with Gasteiger partial charge in [0.15, 0.2) is 0 Å². The summed E-state index contributed by atoms with van der Waals surface area (Å²) in [5.41, 5.74) is 2.57. The number of rotatable bonds is 6. The van der Waals surface area contributed by atoms with Gasteiger partial charge in [0.25, 0.3) is 0 Å². The molecule has 1 heterocycles. The largest absolute Gasteiger partial charge is 0.497 e. The Kier molecular flexibility index (Phi) is 4.28. The van der Waals surface area contributed by atoms with Gasteiger partial charge in [0.1, 0.15) is 11.3 Å². The highest BCUT2D eigenvalue weighted by atomic mass is 16.5. The van der Waals surface area contributed by atoms with Gasteiger partial charge < -0.3 is 9.15 Å². The Morgan fingerprint density at radius 2 is 1.88 bits per heavy atom. The van der Waals surface area contributed by atoms with Crippen LogP contribution in [0.5, 0.6) is 5.75 Å². The lowest BCUT2D eigenvalue weighted by Crippen LogP contribution is -2.25. The smallest absolute Gasteiger partial charge is 0.336 e. The fourth-order valence-electron chi connectivity index (χ4n) is 3.26. The first kappa shape index (κ1) is 15.9. The molecule has 0 aliphatic heterocycles. The van der Waals surface area contributed by atoms with Crippen molar-refractivity contribution in [1.82, 2.24) is 4.90 Å². The summed E-state index contributed by atoms with van der Waals surface area (Å²) in [6.45, 7) is 1.64. The Labute approximate surface area is 146 Å². The minimum absolute atomic E-state index is 0.314. The molecule has 4 rings (SSSR count). The molecule has 0 unspecified atom stereocenters. The number of ether oxygens (including phenoxy) is 1. The SMILES string of the molecule is COc1ccc2c(CN(Cc3ccccc3)C3CC3)cc(=O)oc2c1. The molecule has 1 aliphatic rings. The van der Waals surface area contributed by atoms with E-state index in [1.807, 2.05) is 18.2 Å². The van der Waals surface area contributed by atoms with Crippen LogP contribution in [-0.2, 0) is 13.1 Å². The van der Waals surface area contributed by atoms with Gasteiger partial charge in [-0.2, -0.15) is 0 Å². The van der Waals surface area contributed by atoms with E-state index in [1.54, 1.807) is 19.2 Å².